The summed E-state index contributed by atoms with van der Waals surface area (Å²) in [4.78, 5) is 0. The van der Waals surface area contributed by atoms with E-state index in [1.807, 2.05) is 18.2 Å². The highest BCUT2D eigenvalue weighted by atomic mass is 28.4. The molecule has 1 aliphatic rings. The van der Waals surface area contributed by atoms with Crippen molar-refractivity contribution in [1.29, 1.82) is 0 Å². The molecule has 0 bridgehead atoms. The van der Waals surface area contributed by atoms with Gasteiger partial charge in [0, 0.05) is 19.4 Å². The molecule has 0 unspecified atom stereocenters. The molecule has 0 spiro atoms. The average Bonchev–Trinajstić information content (AvgIpc) is 3.09. The zero-order valence-electron chi connectivity index (χ0n) is 17.3. The van der Waals surface area contributed by atoms with Crippen LogP contribution in [0.15, 0.2) is 18.2 Å². The van der Waals surface area contributed by atoms with Crippen molar-refractivity contribution in [2.45, 2.75) is 51.7 Å². The fourth-order valence-electron chi connectivity index (χ4n) is 2.05. The Balaban J connectivity index is 1.70. The molecular formula is C24H26O3Si. The second kappa shape index (κ2) is 9.97. The quantitative estimate of drug-likeness (QED) is 0.434. The Morgan fingerprint density at radius 3 is 2.29 bits per heavy atom. The van der Waals surface area contributed by atoms with Gasteiger partial charge in [0.15, 0.2) is 19.8 Å². The van der Waals surface area contributed by atoms with E-state index < -0.39 is 8.32 Å². The third kappa shape index (κ3) is 6.76. The van der Waals surface area contributed by atoms with Crippen LogP contribution >= 0.6 is 0 Å². The lowest BCUT2D eigenvalue weighted by molar-refractivity contribution is 0.174. The minimum Gasteiger partial charge on any atom is -0.454 e. The van der Waals surface area contributed by atoms with Gasteiger partial charge >= 0.3 is 0 Å². The third-order valence-electron chi connectivity index (χ3n) is 4.71. The van der Waals surface area contributed by atoms with Crippen molar-refractivity contribution < 1.29 is 13.9 Å². The summed E-state index contributed by atoms with van der Waals surface area (Å²) >= 11 is 0. The van der Waals surface area contributed by atoms with Crippen LogP contribution < -0.4 is 9.47 Å². The molecule has 144 valence electrons. The lowest BCUT2D eigenvalue weighted by Crippen LogP contribution is -2.40. The molecule has 4 heteroatoms. The van der Waals surface area contributed by atoms with Crippen LogP contribution in [0.25, 0.3) is 0 Å². The normalized spacial score (nSPS) is 11.6. The van der Waals surface area contributed by atoms with Crippen LogP contribution in [0.4, 0.5) is 0 Å². The Hall–Kier alpha value is -2.76. The van der Waals surface area contributed by atoms with E-state index in [9.17, 15) is 0 Å². The van der Waals surface area contributed by atoms with Gasteiger partial charge in [-0.3, -0.25) is 0 Å². The van der Waals surface area contributed by atoms with Gasteiger partial charge < -0.3 is 13.9 Å². The SMILES string of the molecule is CC(C)(C)[Si](C)(C)OCCC#CC#CC#CC#CCc1ccc2c(c1)OCO2. The summed E-state index contributed by atoms with van der Waals surface area (Å²) in [5.41, 5.74) is 1.07. The lowest BCUT2D eigenvalue weighted by atomic mass is 10.1. The largest absolute Gasteiger partial charge is 0.454 e. The van der Waals surface area contributed by atoms with Gasteiger partial charge in [0.05, 0.1) is 0 Å². The molecule has 1 heterocycles. The van der Waals surface area contributed by atoms with Crippen molar-refractivity contribution >= 4 is 8.32 Å². The molecule has 3 nitrogen and oxygen atoms in total. The van der Waals surface area contributed by atoms with E-state index in [4.69, 9.17) is 13.9 Å². The Bertz CT molecular complexity index is 939. The molecule has 0 fully saturated rings. The minimum absolute atomic E-state index is 0.222. The molecule has 1 aromatic carbocycles. The van der Waals surface area contributed by atoms with Crippen molar-refractivity contribution in [3.8, 4) is 58.9 Å². The fraction of sp³-hybridized carbons (Fsp3) is 0.417. The van der Waals surface area contributed by atoms with Crippen LogP contribution in [-0.2, 0) is 10.8 Å². The van der Waals surface area contributed by atoms with E-state index in [0.29, 0.717) is 19.4 Å². The van der Waals surface area contributed by atoms with Gasteiger partial charge in [-0.1, -0.05) is 38.7 Å². The molecule has 0 radical (unpaired) electrons. The molecule has 28 heavy (non-hydrogen) atoms. The summed E-state index contributed by atoms with van der Waals surface area (Å²) in [6.45, 7) is 12.1. The predicted molar refractivity (Wildman–Crippen MR) is 115 cm³/mol. The molecule has 0 aliphatic carbocycles. The van der Waals surface area contributed by atoms with E-state index in [1.165, 1.54) is 0 Å². The first-order valence-electron chi connectivity index (χ1n) is 9.28. The summed E-state index contributed by atoms with van der Waals surface area (Å²) < 4.78 is 16.7. The first-order chi connectivity index (χ1) is 13.3. The number of fused-ring (bicyclic) bond motifs is 1. The monoisotopic (exact) mass is 390 g/mol. The average molecular weight is 391 g/mol. The molecule has 0 aromatic heterocycles. The molecule has 1 aromatic rings. The van der Waals surface area contributed by atoms with Crippen molar-refractivity contribution in [2.75, 3.05) is 13.4 Å². The van der Waals surface area contributed by atoms with E-state index in [0.717, 1.165) is 17.1 Å². The summed E-state index contributed by atoms with van der Waals surface area (Å²) in [6, 6.07) is 5.81. The number of ether oxygens (including phenoxy) is 2. The predicted octanol–water partition coefficient (Wildman–Crippen LogP) is 4.38. The van der Waals surface area contributed by atoms with Crippen molar-refractivity contribution in [3.05, 3.63) is 23.8 Å². The van der Waals surface area contributed by atoms with E-state index in [-0.39, 0.29) is 11.8 Å². The van der Waals surface area contributed by atoms with E-state index >= 15 is 0 Å². The highest BCUT2D eigenvalue weighted by molar-refractivity contribution is 6.74. The second-order valence-corrected chi connectivity index (χ2v) is 12.6. The number of hydrogen-bond acceptors (Lipinski definition) is 3. The van der Waals surface area contributed by atoms with Crippen LogP contribution in [0.3, 0.4) is 0 Å². The van der Waals surface area contributed by atoms with Crippen molar-refractivity contribution in [3.63, 3.8) is 0 Å². The van der Waals surface area contributed by atoms with Crippen LogP contribution in [0.5, 0.6) is 11.5 Å². The van der Waals surface area contributed by atoms with Gasteiger partial charge in [-0.05, 0) is 71.4 Å². The fourth-order valence-corrected chi connectivity index (χ4v) is 3.09. The summed E-state index contributed by atoms with van der Waals surface area (Å²) in [6.07, 6.45) is 1.29. The maximum absolute atomic E-state index is 6.05. The van der Waals surface area contributed by atoms with Gasteiger partial charge in [0.1, 0.15) is 0 Å². The third-order valence-corrected chi connectivity index (χ3v) is 9.25. The molecular weight excluding hydrogens is 364 g/mol. The highest BCUT2D eigenvalue weighted by Gasteiger charge is 2.36. The van der Waals surface area contributed by atoms with E-state index in [1.54, 1.807) is 0 Å². The topological polar surface area (TPSA) is 27.7 Å². The molecule has 0 saturated heterocycles. The number of benzene rings is 1. The maximum atomic E-state index is 6.05. The summed E-state index contributed by atoms with van der Waals surface area (Å²) in [5.74, 6) is 24.0. The molecule has 0 saturated carbocycles. The molecule has 0 N–H and O–H groups in total. The first-order valence-corrected chi connectivity index (χ1v) is 12.2. The zero-order chi connectivity index (χ0) is 20.5. The maximum Gasteiger partial charge on any atom is 0.231 e. The van der Waals surface area contributed by atoms with Gasteiger partial charge in [-0.25, -0.2) is 0 Å². The Morgan fingerprint density at radius 1 is 0.929 bits per heavy atom. The molecule has 2 rings (SSSR count). The van der Waals surface area contributed by atoms with E-state index in [2.05, 4.69) is 81.2 Å². The van der Waals surface area contributed by atoms with Crippen LogP contribution in [-0.4, -0.2) is 21.7 Å². The zero-order valence-corrected chi connectivity index (χ0v) is 18.3. The molecule has 0 amide bonds. The van der Waals surface area contributed by atoms with Gasteiger partial charge in [0.2, 0.25) is 6.79 Å². The molecule has 1 aliphatic heterocycles. The second-order valence-electron chi connectivity index (χ2n) is 7.83. The number of hydrogen-bond donors (Lipinski definition) is 0. The van der Waals surface area contributed by atoms with Crippen LogP contribution in [0.2, 0.25) is 18.1 Å². The van der Waals surface area contributed by atoms with Crippen molar-refractivity contribution in [2.24, 2.45) is 0 Å². The Morgan fingerprint density at radius 2 is 1.57 bits per heavy atom. The highest BCUT2D eigenvalue weighted by Crippen LogP contribution is 2.36. The van der Waals surface area contributed by atoms with Crippen molar-refractivity contribution in [1.82, 2.24) is 0 Å². The summed E-state index contributed by atoms with van der Waals surface area (Å²) in [7, 11) is -1.68. The smallest absolute Gasteiger partial charge is 0.231 e. The Labute approximate surface area is 170 Å². The number of rotatable bonds is 4. The summed E-state index contributed by atoms with van der Waals surface area (Å²) in [5, 5.41) is 0.222. The van der Waals surface area contributed by atoms with Gasteiger partial charge in [-0.2, -0.15) is 0 Å². The lowest BCUT2D eigenvalue weighted by Gasteiger charge is -2.35. The van der Waals surface area contributed by atoms with Gasteiger partial charge in [0.25, 0.3) is 0 Å². The first kappa shape index (κ1) is 21.5. The van der Waals surface area contributed by atoms with Gasteiger partial charge in [-0.15, -0.1) is 0 Å². The molecule has 0 atom stereocenters. The van der Waals surface area contributed by atoms with Crippen LogP contribution in [0, 0.1) is 47.4 Å². The Kier molecular flexibility index (Phi) is 7.67. The van der Waals surface area contributed by atoms with Crippen LogP contribution in [0.1, 0.15) is 32.8 Å². The minimum atomic E-state index is -1.68. The standard InChI is InChI=1S/C24H26O3Si/c1-24(2,3)28(4,5)27-18-14-12-10-8-6-7-9-11-13-15-21-16-17-22-23(19-21)26-20-25-22/h16-17,19H,14-15,18,20H2,1-5H3.